The average molecular weight is 398 g/mol. The number of aromatic nitrogens is 2. The average Bonchev–Trinajstić information content (AvgIpc) is 2.92. The van der Waals surface area contributed by atoms with Gasteiger partial charge in [-0.3, -0.25) is 4.68 Å². The normalized spacial score (nSPS) is 14.7. The first-order valence-corrected chi connectivity index (χ1v) is 9.96. The third-order valence-corrected chi connectivity index (χ3v) is 6.09. The molecule has 1 amide bonds. The number of carbonyl (C=O) groups excluding carboxylic acids is 1. The van der Waals surface area contributed by atoms with E-state index in [2.05, 4.69) is 10.4 Å². The summed E-state index contributed by atoms with van der Waals surface area (Å²) in [6, 6.07) is 4.66. The van der Waals surface area contributed by atoms with E-state index in [-0.39, 0.29) is 16.3 Å². The minimum atomic E-state index is -3.61. The van der Waals surface area contributed by atoms with Crippen molar-refractivity contribution in [2.24, 2.45) is 0 Å². The van der Waals surface area contributed by atoms with Gasteiger partial charge in [-0.2, -0.15) is 5.10 Å². The number of halogens is 1. The van der Waals surface area contributed by atoms with Crippen molar-refractivity contribution in [3.05, 3.63) is 28.9 Å². The van der Waals surface area contributed by atoms with Crippen LogP contribution in [0.5, 0.6) is 0 Å². The van der Waals surface area contributed by atoms with E-state index in [0.717, 1.165) is 0 Å². The molecular formula is C17H20ClN3O4S. The third-order valence-electron chi connectivity index (χ3n) is 3.90. The summed E-state index contributed by atoms with van der Waals surface area (Å²) in [5.41, 5.74) is 0.856. The second kappa shape index (κ2) is 6.28. The number of alkyl carbamates (subject to hydrolysis) is 1. The summed E-state index contributed by atoms with van der Waals surface area (Å²) in [7, 11) is -3.61. The smallest absolute Gasteiger partial charge is 0.407 e. The van der Waals surface area contributed by atoms with Gasteiger partial charge in [0.2, 0.25) is 9.84 Å². The summed E-state index contributed by atoms with van der Waals surface area (Å²) in [4.78, 5) is 12.1. The number of fused-ring (bicyclic) bond motifs is 3. The summed E-state index contributed by atoms with van der Waals surface area (Å²) in [5.74, 6) is 0. The zero-order chi connectivity index (χ0) is 19.3. The van der Waals surface area contributed by atoms with Crippen molar-refractivity contribution < 1.29 is 17.9 Å². The fraction of sp³-hybridized carbons (Fsp3) is 0.412. The Morgan fingerprint density at radius 2 is 2.04 bits per heavy atom. The molecule has 0 atom stereocenters. The van der Waals surface area contributed by atoms with E-state index in [9.17, 15) is 13.2 Å². The highest BCUT2D eigenvalue weighted by atomic mass is 35.5. The highest BCUT2D eigenvalue weighted by Crippen LogP contribution is 2.44. The molecule has 7 nitrogen and oxygen atoms in total. The highest BCUT2D eigenvalue weighted by molar-refractivity contribution is 7.92. The SMILES string of the molecule is Cc1c2c(nn1CCNC(=O)OC(C)(C)C)-c1cc(Cl)ccc1S2(=O)=O. The number of rotatable bonds is 3. The van der Waals surface area contributed by atoms with Gasteiger partial charge in [-0.05, 0) is 45.9 Å². The lowest BCUT2D eigenvalue weighted by molar-refractivity contribution is 0.0525. The Labute approximate surface area is 157 Å². The van der Waals surface area contributed by atoms with Gasteiger partial charge in [0.25, 0.3) is 0 Å². The third kappa shape index (κ3) is 3.31. The van der Waals surface area contributed by atoms with E-state index in [4.69, 9.17) is 16.3 Å². The standard InChI is InChI=1S/C17H20ClN3O4S/c1-10-15-14(12-9-11(18)5-6-13(12)26(15,23)24)20-21(10)8-7-19-16(22)25-17(2,3)4/h5-6,9H,7-8H2,1-4H3,(H,19,22). The molecule has 1 aliphatic heterocycles. The summed E-state index contributed by atoms with van der Waals surface area (Å²) in [5, 5.41) is 7.51. The first kappa shape index (κ1) is 18.7. The van der Waals surface area contributed by atoms with Crippen molar-refractivity contribution in [3.63, 3.8) is 0 Å². The van der Waals surface area contributed by atoms with Gasteiger partial charge >= 0.3 is 6.09 Å². The van der Waals surface area contributed by atoms with Crippen molar-refractivity contribution in [1.29, 1.82) is 0 Å². The monoisotopic (exact) mass is 397 g/mol. The molecule has 1 aromatic carbocycles. The Kier molecular flexibility index (Phi) is 4.52. The van der Waals surface area contributed by atoms with Gasteiger partial charge in [0.15, 0.2) is 0 Å². The Morgan fingerprint density at radius 1 is 1.35 bits per heavy atom. The zero-order valence-electron chi connectivity index (χ0n) is 15.0. The predicted octanol–water partition coefficient (Wildman–Crippen LogP) is 3.18. The number of ether oxygens (including phenoxy) is 1. The van der Waals surface area contributed by atoms with Crippen LogP contribution in [-0.4, -0.2) is 36.4 Å². The maximum atomic E-state index is 12.8. The maximum absolute atomic E-state index is 12.8. The van der Waals surface area contributed by atoms with Gasteiger partial charge in [0.05, 0.1) is 17.1 Å². The predicted molar refractivity (Wildman–Crippen MR) is 97.1 cm³/mol. The first-order chi connectivity index (χ1) is 12.0. The number of hydrogen-bond acceptors (Lipinski definition) is 5. The molecule has 1 aliphatic rings. The van der Waals surface area contributed by atoms with Crippen LogP contribution in [0.1, 0.15) is 26.5 Å². The largest absolute Gasteiger partial charge is 0.444 e. The minimum absolute atomic E-state index is 0.201. The lowest BCUT2D eigenvalue weighted by Gasteiger charge is -2.19. The van der Waals surface area contributed by atoms with Gasteiger partial charge in [-0.15, -0.1) is 0 Å². The van der Waals surface area contributed by atoms with Gasteiger partial charge in [-0.25, -0.2) is 13.2 Å². The summed E-state index contributed by atoms with van der Waals surface area (Å²) in [6.07, 6.45) is -0.528. The number of nitrogens with one attached hydrogen (secondary N) is 1. The fourth-order valence-corrected chi connectivity index (χ4v) is 4.84. The van der Waals surface area contributed by atoms with Crippen molar-refractivity contribution in [2.75, 3.05) is 6.54 Å². The molecule has 0 saturated heterocycles. The van der Waals surface area contributed by atoms with E-state index in [1.165, 1.54) is 6.07 Å². The molecular weight excluding hydrogens is 378 g/mol. The molecule has 140 valence electrons. The number of nitrogens with zero attached hydrogens (tertiary/aromatic N) is 2. The van der Waals surface area contributed by atoms with Gasteiger partial charge in [-0.1, -0.05) is 11.6 Å². The van der Waals surface area contributed by atoms with E-state index >= 15 is 0 Å². The van der Waals surface area contributed by atoms with Crippen LogP contribution in [0, 0.1) is 6.92 Å². The molecule has 0 aliphatic carbocycles. The Balaban J connectivity index is 1.82. The molecule has 3 rings (SSSR count). The van der Waals surface area contributed by atoms with Crippen LogP contribution in [-0.2, 0) is 21.1 Å². The highest BCUT2D eigenvalue weighted by Gasteiger charge is 2.38. The van der Waals surface area contributed by atoms with Crippen LogP contribution in [0.15, 0.2) is 28.0 Å². The second-order valence-electron chi connectivity index (χ2n) is 7.06. The number of amides is 1. The molecule has 26 heavy (non-hydrogen) atoms. The lowest BCUT2D eigenvalue weighted by atomic mass is 10.1. The Morgan fingerprint density at radius 3 is 2.69 bits per heavy atom. The van der Waals surface area contributed by atoms with Crippen molar-refractivity contribution >= 4 is 27.5 Å². The molecule has 0 radical (unpaired) electrons. The second-order valence-corrected chi connectivity index (χ2v) is 9.35. The molecule has 0 spiro atoms. The van der Waals surface area contributed by atoms with Crippen molar-refractivity contribution in [1.82, 2.24) is 15.1 Å². The number of hydrogen-bond donors (Lipinski definition) is 1. The van der Waals surface area contributed by atoms with E-state index in [1.54, 1.807) is 44.5 Å². The Bertz CT molecular complexity index is 990. The molecule has 0 fully saturated rings. The quantitative estimate of drug-likeness (QED) is 0.732. The summed E-state index contributed by atoms with van der Waals surface area (Å²) in [6.45, 7) is 7.62. The van der Waals surface area contributed by atoms with Crippen molar-refractivity contribution in [2.45, 2.75) is 49.6 Å². The zero-order valence-corrected chi connectivity index (χ0v) is 16.5. The lowest BCUT2D eigenvalue weighted by Crippen LogP contribution is -2.34. The molecule has 0 unspecified atom stereocenters. The minimum Gasteiger partial charge on any atom is -0.444 e. The molecule has 1 N–H and O–H groups in total. The van der Waals surface area contributed by atoms with Crippen LogP contribution in [0.25, 0.3) is 11.3 Å². The van der Waals surface area contributed by atoms with E-state index < -0.39 is 21.5 Å². The van der Waals surface area contributed by atoms with Crippen LogP contribution in [0.2, 0.25) is 5.02 Å². The molecule has 2 heterocycles. The molecule has 1 aromatic heterocycles. The fourth-order valence-electron chi connectivity index (χ4n) is 2.85. The van der Waals surface area contributed by atoms with Crippen LogP contribution in [0.4, 0.5) is 4.79 Å². The first-order valence-electron chi connectivity index (χ1n) is 8.10. The van der Waals surface area contributed by atoms with Crippen LogP contribution in [0.3, 0.4) is 0 Å². The molecule has 9 heteroatoms. The Hall–Kier alpha value is -2.06. The van der Waals surface area contributed by atoms with Gasteiger partial charge in [0, 0.05) is 17.1 Å². The maximum Gasteiger partial charge on any atom is 0.407 e. The molecule has 0 bridgehead atoms. The molecule has 0 saturated carbocycles. The van der Waals surface area contributed by atoms with E-state index in [0.29, 0.717) is 28.5 Å². The topological polar surface area (TPSA) is 90.3 Å². The number of benzene rings is 1. The summed E-state index contributed by atoms with van der Waals surface area (Å²) < 4.78 is 32.3. The van der Waals surface area contributed by atoms with Crippen LogP contribution < -0.4 is 5.32 Å². The number of carbonyl (C=O) groups is 1. The van der Waals surface area contributed by atoms with Crippen LogP contribution >= 0.6 is 11.6 Å². The molecule has 2 aromatic rings. The number of sulfone groups is 1. The van der Waals surface area contributed by atoms with Gasteiger partial charge < -0.3 is 10.1 Å². The van der Waals surface area contributed by atoms with Gasteiger partial charge in [0.1, 0.15) is 16.2 Å². The van der Waals surface area contributed by atoms with E-state index in [1.807, 2.05) is 0 Å². The van der Waals surface area contributed by atoms with Crippen molar-refractivity contribution in [3.8, 4) is 11.3 Å². The summed E-state index contributed by atoms with van der Waals surface area (Å²) >= 11 is 6.01.